The highest BCUT2D eigenvalue weighted by Gasteiger charge is 2.05. The number of benzene rings is 1. The molecule has 4 heteroatoms. The lowest BCUT2D eigenvalue weighted by Crippen LogP contribution is -1.86. The molecule has 2 rings (SSSR count). The summed E-state index contributed by atoms with van der Waals surface area (Å²) in [5.41, 5.74) is 1.64. The summed E-state index contributed by atoms with van der Waals surface area (Å²) < 4.78 is 6.55. The zero-order chi connectivity index (χ0) is 8.55. The fourth-order valence-electron chi connectivity index (χ4n) is 1.16. The van der Waals surface area contributed by atoms with E-state index in [4.69, 9.17) is 16.5 Å². The van der Waals surface area contributed by atoms with E-state index in [0.717, 1.165) is 16.8 Å². The minimum atomic E-state index is 0.736. The third-order valence-corrected chi connectivity index (χ3v) is 1.97. The van der Waals surface area contributed by atoms with Crippen molar-refractivity contribution in [3.8, 4) is 5.75 Å². The first-order valence-corrected chi connectivity index (χ1v) is 3.83. The molecule has 0 fully saturated rings. The number of halogens is 1. The van der Waals surface area contributed by atoms with Crippen molar-refractivity contribution in [1.29, 1.82) is 0 Å². The SMILES string of the molecule is COc1cccc2ncn(Cl)c12. The molecule has 0 aliphatic heterocycles. The van der Waals surface area contributed by atoms with E-state index in [0.29, 0.717) is 0 Å². The van der Waals surface area contributed by atoms with Crippen molar-refractivity contribution in [2.45, 2.75) is 0 Å². The van der Waals surface area contributed by atoms with Crippen LogP contribution in [0.2, 0.25) is 0 Å². The number of methoxy groups -OCH3 is 1. The van der Waals surface area contributed by atoms with E-state index < -0.39 is 0 Å². The maximum atomic E-state index is 5.83. The lowest BCUT2D eigenvalue weighted by Gasteiger charge is -2.00. The van der Waals surface area contributed by atoms with Crippen LogP contribution < -0.4 is 4.74 Å². The lowest BCUT2D eigenvalue weighted by atomic mass is 10.3. The third-order valence-electron chi connectivity index (χ3n) is 1.71. The molecule has 0 saturated carbocycles. The second-order valence-corrected chi connectivity index (χ2v) is 2.75. The largest absolute Gasteiger partial charge is 0.494 e. The van der Waals surface area contributed by atoms with Gasteiger partial charge in [-0.3, -0.25) is 0 Å². The van der Waals surface area contributed by atoms with Crippen LogP contribution >= 0.6 is 11.8 Å². The second-order valence-electron chi connectivity index (χ2n) is 2.38. The van der Waals surface area contributed by atoms with Gasteiger partial charge in [-0.25, -0.2) is 9.07 Å². The molecule has 62 valence electrons. The highest BCUT2D eigenvalue weighted by atomic mass is 35.5. The van der Waals surface area contributed by atoms with Crippen LogP contribution in [0.25, 0.3) is 11.0 Å². The van der Waals surface area contributed by atoms with E-state index in [2.05, 4.69) is 4.98 Å². The number of hydrogen-bond donors (Lipinski definition) is 0. The molecule has 0 aliphatic rings. The summed E-state index contributed by atoms with van der Waals surface area (Å²) in [5, 5.41) is 0. The molecule has 0 unspecified atom stereocenters. The van der Waals surface area contributed by atoms with Crippen molar-refractivity contribution in [3.63, 3.8) is 0 Å². The molecule has 1 aromatic carbocycles. The van der Waals surface area contributed by atoms with Crippen LogP contribution in [0, 0.1) is 0 Å². The summed E-state index contributed by atoms with van der Waals surface area (Å²) in [6.45, 7) is 0. The minimum Gasteiger partial charge on any atom is -0.494 e. The van der Waals surface area contributed by atoms with Crippen LogP contribution in [-0.4, -0.2) is 16.2 Å². The Balaban J connectivity index is 2.84. The summed E-state index contributed by atoms with van der Waals surface area (Å²) in [6.07, 6.45) is 1.55. The number of para-hydroxylation sites is 1. The molecule has 1 heterocycles. The van der Waals surface area contributed by atoms with E-state index in [1.165, 1.54) is 4.09 Å². The molecule has 0 bridgehead atoms. The van der Waals surface area contributed by atoms with Gasteiger partial charge in [0.15, 0.2) is 0 Å². The molecule has 0 spiro atoms. The molecule has 2 aromatic rings. The van der Waals surface area contributed by atoms with E-state index >= 15 is 0 Å². The molecule has 0 atom stereocenters. The molecular formula is C8H7ClN2O. The van der Waals surface area contributed by atoms with Crippen LogP contribution in [0.1, 0.15) is 0 Å². The second kappa shape index (κ2) is 2.68. The molecule has 0 N–H and O–H groups in total. The van der Waals surface area contributed by atoms with E-state index in [-0.39, 0.29) is 0 Å². The van der Waals surface area contributed by atoms with Crippen molar-refractivity contribution >= 4 is 22.8 Å². The van der Waals surface area contributed by atoms with Gasteiger partial charge in [0.1, 0.15) is 17.6 Å². The van der Waals surface area contributed by atoms with Gasteiger partial charge in [-0.2, -0.15) is 0 Å². The number of aromatic nitrogens is 2. The average molecular weight is 183 g/mol. The molecule has 0 radical (unpaired) electrons. The first kappa shape index (κ1) is 7.43. The first-order chi connectivity index (χ1) is 5.83. The monoisotopic (exact) mass is 182 g/mol. The standard InChI is InChI=1S/C8H7ClN2O/c1-12-7-4-2-3-6-8(7)11(9)5-10-6/h2-5H,1H3. The van der Waals surface area contributed by atoms with Gasteiger partial charge < -0.3 is 4.74 Å². The molecule has 1 aromatic heterocycles. The number of fused-ring (bicyclic) bond motifs is 1. The Morgan fingerprint density at radius 2 is 2.33 bits per heavy atom. The molecule has 3 nitrogen and oxygen atoms in total. The van der Waals surface area contributed by atoms with Crippen molar-refractivity contribution in [2.75, 3.05) is 7.11 Å². The van der Waals surface area contributed by atoms with E-state index in [1.54, 1.807) is 13.4 Å². The van der Waals surface area contributed by atoms with Crippen LogP contribution in [0.15, 0.2) is 24.5 Å². The van der Waals surface area contributed by atoms with Gasteiger partial charge in [-0.1, -0.05) is 6.07 Å². The Morgan fingerprint density at radius 3 is 3.08 bits per heavy atom. The van der Waals surface area contributed by atoms with Gasteiger partial charge in [0.2, 0.25) is 0 Å². The Morgan fingerprint density at radius 1 is 1.50 bits per heavy atom. The fourth-order valence-corrected chi connectivity index (χ4v) is 1.38. The van der Waals surface area contributed by atoms with Gasteiger partial charge in [-0.15, -0.1) is 0 Å². The summed E-state index contributed by atoms with van der Waals surface area (Å²) in [5.74, 6) is 0.736. The quantitative estimate of drug-likeness (QED) is 0.675. The van der Waals surface area contributed by atoms with Crippen LogP contribution in [0.5, 0.6) is 5.75 Å². The van der Waals surface area contributed by atoms with Crippen molar-refractivity contribution in [3.05, 3.63) is 24.5 Å². The number of rotatable bonds is 1. The third kappa shape index (κ3) is 0.940. The molecule has 0 amide bonds. The van der Waals surface area contributed by atoms with Crippen molar-refractivity contribution in [2.24, 2.45) is 0 Å². The fraction of sp³-hybridized carbons (Fsp3) is 0.125. The number of hydrogen-bond acceptors (Lipinski definition) is 2. The van der Waals surface area contributed by atoms with Gasteiger partial charge in [0.25, 0.3) is 0 Å². The topological polar surface area (TPSA) is 27.1 Å². The van der Waals surface area contributed by atoms with Gasteiger partial charge in [0.05, 0.1) is 12.6 Å². The average Bonchev–Trinajstić information content (AvgIpc) is 2.48. The first-order valence-electron chi connectivity index (χ1n) is 3.49. The van der Waals surface area contributed by atoms with Gasteiger partial charge in [0, 0.05) is 11.8 Å². The van der Waals surface area contributed by atoms with Crippen LogP contribution in [0.3, 0.4) is 0 Å². The summed E-state index contributed by atoms with van der Waals surface area (Å²) >= 11 is 5.83. The summed E-state index contributed by atoms with van der Waals surface area (Å²) in [6, 6.07) is 5.62. The zero-order valence-corrected chi connectivity index (χ0v) is 7.25. The van der Waals surface area contributed by atoms with Crippen LogP contribution in [-0.2, 0) is 0 Å². The zero-order valence-electron chi connectivity index (χ0n) is 6.49. The Hall–Kier alpha value is -1.22. The van der Waals surface area contributed by atoms with Gasteiger partial charge >= 0.3 is 0 Å². The summed E-state index contributed by atoms with van der Waals surface area (Å²) in [7, 11) is 1.61. The lowest BCUT2D eigenvalue weighted by molar-refractivity contribution is 0.418. The molecule has 0 aliphatic carbocycles. The van der Waals surface area contributed by atoms with Crippen molar-refractivity contribution < 1.29 is 4.74 Å². The van der Waals surface area contributed by atoms with E-state index in [1.807, 2.05) is 18.2 Å². The predicted octanol–water partition coefficient (Wildman–Crippen LogP) is 2.05. The normalized spacial score (nSPS) is 10.5. The predicted molar refractivity (Wildman–Crippen MR) is 47.5 cm³/mol. The minimum absolute atomic E-state index is 0.736. The highest BCUT2D eigenvalue weighted by molar-refractivity contribution is 6.19. The van der Waals surface area contributed by atoms with Crippen LogP contribution in [0.4, 0.5) is 0 Å². The maximum Gasteiger partial charge on any atom is 0.146 e. The van der Waals surface area contributed by atoms with Gasteiger partial charge in [-0.05, 0) is 12.1 Å². The Bertz CT molecular complexity index is 410. The number of ether oxygens (including phenoxy) is 1. The smallest absolute Gasteiger partial charge is 0.146 e. The molecular weight excluding hydrogens is 176 g/mol. The van der Waals surface area contributed by atoms with Crippen molar-refractivity contribution in [1.82, 2.24) is 9.07 Å². The maximum absolute atomic E-state index is 5.83. The summed E-state index contributed by atoms with van der Waals surface area (Å²) in [4.78, 5) is 4.08. The molecule has 12 heavy (non-hydrogen) atoms. The van der Waals surface area contributed by atoms with E-state index in [9.17, 15) is 0 Å². The molecule has 0 saturated heterocycles. The number of nitrogens with zero attached hydrogens (tertiary/aromatic N) is 2. The highest BCUT2D eigenvalue weighted by Crippen LogP contribution is 2.24. The Labute approximate surface area is 74.6 Å². The Kier molecular flexibility index (Phi) is 1.66. The number of imidazole rings is 1.